The molecule has 0 unspecified atom stereocenters. The lowest BCUT2D eigenvalue weighted by Crippen LogP contribution is -2.37. The topological polar surface area (TPSA) is 104 Å². The van der Waals surface area contributed by atoms with Crippen LogP contribution in [0.5, 0.6) is 0 Å². The fourth-order valence-electron chi connectivity index (χ4n) is 3.59. The van der Waals surface area contributed by atoms with Crippen molar-refractivity contribution in [3.63, 3.8) is 0 Å². The molecule has 4 rings (SSSR count). The number of nitrogens with one attached hydrogen (secondary N) is 1. The summed E-state index contributed by atoms with van der Waals surface area (Å²) < 4.78 is 9.63. The predicted octanol–water partition coefficient (Wildman–Crippen LogP) is 2.07. The van der Waals surface area contributed by atoms with Crippen molar-refractivity contribution in [1.29, 1.82) is 0 Å². The van der Waals surface area contributed by atoms with Gasteiger partial charge >= 0.3 is 5.69 Å². The summed E-state index contributed by atoms with van der Waals surface area (Å²) in [7, 11) is 3.09. The SMILES string of the molecule is Cn1c(=O)c2nc(SCCC(=O)NCc3ccco3)n(CCc3ccccc3)c2n(C)c1=O. The minimum absolute atomic E-state index is 0.103. The maximum Gasteiger partial charge on any atom is 0.332 e. The van der Waals surface area contributed by atoms with E-state index < -0.39 is 11.2 Å². The maximum absolute atomic E-state index is 12.7. The molecule has 33 heavy (non-hydrogen) atoms. The summed E-state index contributed by atoms with van der Waals surface area (Å²) in [6, 6.07) is 13.6. The molecule has 172 valence electrons. The molecule has 10 heteroatoms. The number of carbonyl (C=O) groups is 1. The third kappa shape index (κ3) is 4.95. The zero-order valence-electron chi connectivity index (χ0n) is 18.5. The minimum Gasteiger partial charge on any atom is -0.467 e. The summed E-state index contributed by atoms with van der Waals surface area (Å²) in [4.78, 5) is 42.0. The van der Waals surface area contributed by atoms with Gasteiger partial charge in [-0.05, 0) is 24.1 Å². The monoisotopic (exact) mass is 467 g/mol. The molecule has 3 aromatic heterocycles. The highest BCUT2D eigenvalue weighted by Gasteiger charge is 2.19. The van der Waals surface area contributed by atoms with Crippen molar-refractivity contribution >= 4 is 28.8 Å². The number of amides is 1. The van der Waals surface area contributed by atoms with Crippen LogP contribution in [-0.4, -0.2) is 30.3 Å². The largest absolute Gasteiger partial charge is 0.467 e. The molecule has 0 saturated carbocycles. The van der Waals surface area contributed by atoms with E-state index in [4.69, 9.17) is 4.42 Å². The molecule has 0 radical (unpaired) electrons. The summed E-state index contributed by atoms with van der Waals surface area (Å²) in [5.41, 5.74) is 1.05. The van der Waals surface area contributed by atoms with Crippen LogP contribution in [0.2, 0.25) is 0 Å². The second-order valence-corrected chi connectivity index (χ2v) is 8.68. The van der Waals surface area contributed by atoms with Crippen molar-refractivity contribution in [1.82, 2.24) is 24.0 Å². The summed E-state index contributed by atoms with van der Waals surface area (Å²) in [6.07, 6.45) is 2.56. The van der Waals surface area contributed by atoms with Crippen molar-refractivity contribution in [2.75, 3.05) is 5.75 Å². The van der Waals surface area contributed by atoms with Gasteiger partial charge in [-0.2, -0.15) is 0 Å². The van der Waals surface area contributed by atoms with Crippen molar-refractivity contribution in [3.05, 3.63) is 80.9 Å². The summed E-state index contributed by atoms with van der Waals surface area (Å²) in [6.45, 7) is 0.887. The Balaban J connectivity index is 1.54. The highest BCUT2D eigenvalue weighted by Crippen LogP contribution is 2.23. The Kier molecular flexibility index (Phi) is 6.83. The molecule has 4 aromatic rings. The lowest BCUT2D eigenvalue weighted by Gasteiger charge is -2.11. The van der Waals surface area contributed by atoms with Gasteiger partial charge in [-0.15, -0.1) is 0 Å². The van der Waals surface area contributed by atoms with Gasteiger partial charge < -0.3 is 14.3 Å². The van der Waals surface area contributed by atoms with Gasteiger partial charge in [0.1, 0.15) is 5.76 Å². The Morgan fingerprint density at radius 3 is 2.61 bits per heavy atom. The lowest BCUT2D eigenvalue weighted by molar-refractivity contribution is -0.120. The van der Waals surface area contributed by atoms with Crippen LogP contribution in [0, 0.1) is 0 Å². The van der Waals surface area contributed by atoms with Gasteiger partial charge in [-0.1, -0.05) is 42.1 Å². The quantitative estimate of drug-likeness (QED) is 0.378. The van der Waals surface area contributed by atoms with Gasteiger partial charge in [-0.3, -0.25) is 18.7 Å². The van der Waals surface area contributed by atoms with Crippen LogP contribution in [0.1, 0.15) is 17.7 Å². The van der Waals surface area contributed by atoms with E-state index in [1.807, 2.05) is 34.9 Å². The molecule has 1 aromatic carbocycles. The Labute approximate surface area is 194 Å². The Hall–Kier alpha value is -3.53. The highest BCUT2D eigenvalue weighted by molar-refractivity contribution is 7.99. The number of benzene rings is 1. The van der Waals surface area contributed by atoms with Crippen molar-refractivity contribution in [3.8, 4) is 0 Å². The van der Waals surface area contributed by atoms with Crippen LogP contribution in [0.3, 0.4) is 0 Å². The third-order valence-electron chi connectivity index (χ3n) is 5.37. The average molecular weight is 468 g/mol. The van der Waals surface area contributed by atoms with E-state index >= 15 is 0 Å². The number of aromatic nitrogens is 4. The Morgan fingerprint density at radius 1 is 1.09 bits per heavy atom. The molecule has 1 N–H and O–H groups in total. The fraction of sp³-hybridized carbons (Fsp3) is 0.304. The van der Waals surface area contributed by atoms with Crippen LogP contribution >= 0.6 is 11.8 Å². The van der Waals surface area contributed by atoms with Crippen LogP contribution in [0.25, 0.3) is 11.2 Å². The molecule has 0 aliphatic rings. The second-order valence-electron chi connectivity index (χ2n) is 7.61. The van der Waals surface area contributed by atoms with E-state index in [9.17, 15) is 14.4 Å². The molecule has 0 saturated heterocycles. The first kappa shape index (κ1) is 22.7. The molecule has 0 spiro atoms. The zero-order chi connectivity index (χ0) is 23.4. The van der Waals surface area contributed by atoms with Gasteiger partial charge in [0.25, 0.3) is 5.56 Å². The lowest BCUT2D eigenvalue weighted by atomic mass is 10.1. The van der Waals surface area contributed by atoms with E-state index in [0.717, 1.165) is 10.1 Å². The maximum atomic E-state index is 12.7. The molecule has 0 aliphatic heterocycles. The van der Waals surface area contributed by atoms with Crippen molar-refractivity contribution in [2.24, 2.45) is 14.1 Å². The van der Waals surface area contributed by atoms with Gasteiger partial charge in [0, 0.05) is 32.8 Å². The molecule has 0 fully saturated rings. The van der Waals surface area contributed by atoms with E-state index in [-0.39, 0.29) is 17.8 Å². The van der Waals surface area contributed by atoms with E-state index in [1.54, 1.807) is 25.4 Å². The van der Waals surface area contributed by atoms with Crippen molar-refractivity contribution < 1.29 is 9.21 Å². The van der Waals surface area contributed by atoms with Gasteiger partial charge in [0.05, 0.1) is 12.8 Å². The predicted molar refractivity (Wildman–Crippen MR) is 126 cm³/mol. The number of carbonyl (C=O) groups excluding carboxylic acids is 1. The number of fused-ring (bicyclic) bond motifs is 1. The van der Waals surface area contributed by atoms with Crippen LogP contribution in [-0.2, 0) is 38.4 Å². The average Bonchev–Trinajstić information content (AvgIpc) is 3.47. The first-order chi connectivity index (χ1) is 16.0. The first-order valence-electron chi connectivity index (χ1n) is 10.6. The molecular formula is C23H25N5O4S. The first-order valence-corrected chi connectivity index (χ1v) is 11.6. The number of hydrogen-bond acceptors (Lipinski definition) is 6. The summed E-state index contributed by atoms with van der Waals surface area (Å²) in [5, 5.41) is 3.43. The van der Waals surface area contributed by atoms with Crippen molar-refractivity contribution in [2.45, 2.75) is 31.1 Å². The number of thioether (sulfide) groups is 1. The molecule has 3 heterocycles. The van der Waals surface area contributed by atoms with Crippen LogP contribution in [0.15, 0.2) is 67.9 Å². The van der Waals surface area contributed by atoms with Gasteiger partial charge in [0.2, 0.25) is 5.91 Å². The van der Waals surface area contributed by atoms with E-state index in [0.29, 0.717) is 41.8 Å². The number of furan rings is 1. The van der Waals surface area contributed by atoms with E-state index in [2.05, 4.69) is 10.3 Å². The van der Waals surface area contributed by atoms with Crippen LogP contribution < -0.4 is 16.6 Å². The van der Waals surface area contributed by atoms with E-state index in [1.165, 1.54) is 23.4 Å². The summed E-state index contributed by atoms with van der Waals surface area (Å²) in [5.74, 6) is 1.07. The number of rotatable bonds is 9. The molecule has 9 nitrogen and oxygen atoms in total. The molecule has 1 amide bonds. The fourth-order valence-corrected chi connectivity index (χ4v) is 4.55. The normalized spacial score (nSPS) is 11.2. The van der Waals surface area contributed by atoms with Crippen LogP contribution in [0.4, 0.5) is 0 Å². The van der Waals surface area contributed by atoms with Gasteiger partial charge in [0.15, 0.2) is 16.3 Å². The highest BCUT2D eigenvalue weighted by atomic mass is 32.2. The molecule has 0 bridgehead atoms. The standard InChI is InChI=1S/C23H25N5O4S/c1-26-20-19(21(30)27(2)23(26)31)25-22(28(20)12-10-16-7-4-3-5-8-16)33-14-11-18(29)24-15-17-9-6-13-32-17/h3-9,13H,10-12,14-15H2,1-2H3,(H,24,29). The number of imidazole rings is 1. The smallest absolute Gasteiger partial charge is 0.332 e. The summed E-state index contributed by atoms with van der Waals surface area (Å²) >= 11 is 1.39. The second kappa shape index (κ2) is 9.95. The zero-order valence-corrected chi connectivity index (χ0v) is 19.3. The Morgan fingerprint density at radius 2 is 1.88 bits per heavy atom. The third-order valence-corrected chi connectivity index (χ3v) is 6.35. The number of hydrogen-bond donors (Lipinski definition) is 1. The van der Waals surface area contributed by atoms with Gasteiger partial charge in [-0.25, -0.2) is 9.78 Å². The number of aryl methyl sites for hydroxylation is 3. The molecule has 0 atom stereocenters. The molecular weight excluding hydrogens is 442 g/mol. The Bertz CT molecular complexity index is 1370. The minimum atomic E-state index is -0.426. The molecule has 0 aliphatic carbocycles. The number of nitrogens with zero attached hydrogens (tertiary/aromatic N) is 4.